The molecule has 2 aromatic carbocycles. The predicted octanol–water partition coefficient (Wildman–Crippen LogP) is 6.65. The van der Waals surface area contributed by atoms with E-state index in [0.29, 0.717) is 18.7 Å². The van der Waals surface area contributed by atoms with Crippen molar-refractivity contribution in [3.05, 3.63) is 71.3 Å². The molecule has 0 radical (unpaired) electrons. The molecule has 0 saturated heterocycles. The minimum Gasteiger partial charge on any atom is -0.393 e. The van der Waals surface area contributed by atoms with E-state index in [0.717, 1.165) is 24.0 Å². The van der Waals surface area contributed by atoms with E-state index in [4.69, 9.17) is 4.74 Å². The van der Waals surface area contributed by atoms with Crippen LogP contribution in [0.2, 0.25) is 0 Å². The lowest BCUT2D eigenvalue weighted by molar-refractivity contribution is -0.158. The van der Waals surface area contributed by atoms with E-state index in [1.54, 1.807) is 0 Å². The van der Waals surface area contributed by atoms with Gasteiger partial charge < -0.3 is 15.4 Å². The summed E-state index contributed by atoms with van der Waals surface area (Å²) in [5.41, 5.74) is 2.57. The maximum Gasteiger partial charge on any atom is 0.315 e. The van der Waals surface area contributed by atoms with Crippen molar-refractivity contribution in [1.29, 1.82) is 0 Å². The maximum absolute atomic E-state index is 12.5. The topological polar surface area (TPSA) is 84.5 Å². The molecule has 202 valence electrons. The molecule has 0 aliphatic heterocycles. The van der Waals surface area contributed by atoms with Crippen LogP contribution in [0.15, 0.2) is 54.6 Å². The fraction of sp³-hybridized carbons (Fsp3) is 0.516. The lowest BCUT2D eigenvalue weighted by Crippen LogP contribution is -2.25. The van der Waals surface area contributed by atoms with Crippen molar-refractivity contribution >= 4 is 17.8 Å². The molecule has 2 N–H and O–H groups in total. The average Bonchev–Trinajstić information content (AvgIpc) is 2.90. The summed E-state index contributed by atoms with van der Waals surface area (Å²) >= 11 is 0. The third-order valence-corrected chi connectivity index (χ3v) is 6.41. The van der Waals surface area contributed by atoms with E-state index >= 15 is 0 Å². The van der Waals surface area contributed by atoms with Gasteiger partial charge in [0.15, 0.2) is 0 Å². The Labute approximate surface area is 222 Å². The minimum atomic E-state index is -0.612. The Morgan fingerprint density at radius 1 is 0.784 bits per heavy atom. The van der Waals surface area contributed by atoms with Crippen LogP contribution >= 0.6 is 0 Å². The monoisotopic (exact) mass is 508 g/mol. The fourth-order valence-corrected chi connectivity index (χ4v) is 4.29. The molecular formula is C31H44N2O4. The van der Waals surface area contributed by atoms with Crippen LogP contribution in [0, 0.1) is 0 Å². The third kappa shape index (κ3) is 13.2. The number of esters is 2. The Kier molecular flexibility index (Phi) is 14.9. The minimum absolute atomic E-state index is 0.0447. The van der Waals surface area contributed by atoms with Gasteiger partial charge in [-0.25, -0.2) is 0 Å². The molecule has 2 rings (SSSR count). The predicted molar refractivity (Wildman–Crippen MR) is 148 cm³/mol. The van der Waals surface area contributed by atoms with Crippen molar-refractivity contribution in [3.63, 3.8) is 0 Å². The van der Waals surface area contributed by atoms with Gasteiger partial charge >= 0.3 is 11.9 Å². The van der Waals surface area contributed by atoms with Crippen molar-refractivity contribution in [3.8, 4) is 0 Å². The zero-order valence-electron chi connectivity index (χ0n) is 22.6. The summed E-state index contributed by atoms with van der Waals surface area (Å²) in [6, 6.07) is 16.8. The van der Waals surface area contributed by atoms with Crippen molar-refractivity contribution in [2.45, 2.75) is 97.1 Å². The fourth-order valence-electron chi connectivity index (χ4n) is 4.29. The molecule has 0 heterocycles. The first-order valence-electron chi connectivity index (χ1n) is 13.9. The third-order valence-electron chi connectivity index (χ3n) is 6.41. The highest BCUT2D eigenvalue weighted by Crippen LogP contribution is 2.18. The van der Waals surface area contributed by atoms with Crippen molar-refractivity contribution in [2.75, 3.05) is 6.54 Å². The Morgan fingerprint density at radius 3 is 1.97 bits per heavy atom. The van der Waals surface area contributed by atoms with E-state index in [1.807, 2.05) is 54.6 Å². The first-order chi connectivity index (χ1) is 18.0. The highest BCUT2D eigenvalue weighted by Gasteiger charge is 2.18. The molecule has 1 amide bonds. The molecule has 0 aromatic heterocycles. The molecule has 0 aliphatic carbocycles. The van der Waals surface area contributed by atoms with Crippen molar-refractivity contribution in [2.24, 2.45) is 0 Å². The SMILES string of the molecule is CCCCCCCCCCCCNC(=O)c1ccc(CNC(CC(=O)OC(C)=O)c2ccccc2)cc1. The van der Waals surface area contributed by atoms with Crippen LogP contribution in [0.4, 0.5) is 0 Å². The number of benzene rings is 2. The molecule has 37 heavy (non-hydrogen) atoms. The quantitative estimate of drug-likeness (QED) is 0.134. The zero-order valence-corrected chi connectivity index (χ0v) is 22.6. The van der Waals surface area contributed by atoms with Crippen LogP contribution in [-0.2, 0) is 20.9 Å². The number of carbonyl (C=O) groups excluding carboxylic acids is 3. The summed E-state index contributed by atoms with van der Waals surface area (Å²) in [6.45, 7) is 4.68. The summed E-state index contributed by atoms with van der Waals surface area (Å²) in [7, 11) is 0. The van der Waals surface area contributed by atoms with Crippen LogP contribution in [-0.4, -0.2) is 24.4 Å². The van der Waals surface area contributed by atoms with Gasteiger partial charge in [-0.1, -0.05) is 107 Å². The van der Waals surface area contributed by atoms with Gasteiger partial charge in [0.25, 0.3) is 5.91 Å². The lowest BCUT2D eigenvalue weighted by Gasteiger charge is -2.18. The van der Waals surface area contributed by atoms with Crippen LogP contribution < -0.4 is 10.6 Å². The summed E-state index contributed by atoms with van der Waals surface area (Å²) < 4.78 is 4.71. The van der Waals surface area contributed by atoms with Crippen LogP contribution in [0.5, 0.6) is 0 Å². The number of hydrogen-bond donors (Lipinski definition) is 2. The first kappa shape index (κ1) is 30.2. The van der Waals surface area contributed by atoms with Gasteiger partial charge in [0, 0.05) is 31.6 Å². The van der Waals surface area contributed by atoms with E-state index < -0.39 is 11.9 Å². The van der Waals surface area contributed by atoms with Gasteiger partial charge in [-0.2, -0.15) is 0 Å². The zero-order chi connectivity index (χ0) is 26.7. The Hall–Kier alpha value is -2.99. The first-order valence-corrected chi connectivity index (χ1v) is 13.9. The van der Waals surface area contributed by atoms with Gasteiger partial charge in [-0.15, -0.1) is 0 Å². The number of rotatable bonds is 18. The molecule has 6 heteroatoms. The summed E-state index contributed by atoms with van der Waals surface area (Å²) in [6.07, 6.45) is 12.8. The molecule has 1 unspecified atom stereocenters. The van der Waals surface area contributed by atoms with E-state index in [-0.39, 0.29) is 18.4 Å². The van der Waals surface area contributed by atoms with E-state index in [2.05, 4.69) is 17.6 Å². The molecule has 0 saturated carbocycles. The molecular weight excluding hydrogens is 464 g/mol. The van der Waals surface area contributed by atoms with Crippen LogP contribution in [0.25, 0.3) is 0 Å². The number of amides is 1. The lowest BCUT2D eigenvalue weighted by atomic mass is 10.0. The molecule has 0 bridgehead atoms. The van der Waals surface area contributed by atoms with E-state index in [9.17, 15) is 14.4 Å². The second kappa shape index (κ2) is 18.3. The van der Waals surface area contributed by atoms with Crippen molar-refractivity contribution < 1.29 is 19.1 Å². The number of carbonyl (C=O) groups is 3. The molecule has 0 aliphatic rings. The van der Waals surface area contributed by atoms with Gasteiger partial charge in [0.1, 0.15) is 0 Å². The molecule has 0 fully saturated rings. The van der Waals surface area contributed by atoms with Crippen LogP contribution in [0.1, 0.15) is 112 Å². The van der Waals surface area contributed by atoms with Gasteiger partial charge in [0.05, 0.1) is 6.42 Å². The second-order valence-corrected chi connectivity index (χ2v) is 9.65. The second-order valence-electron chi connectivity index (χ2n) is 9.65. The highest BCUT2D eigenvalue weighted by molar-refractivity contribution is 5.94. The maximum atomic E-state index is 12.5. The highest BCUT2D eigenvalue weighted by atomic mass is 16.6. The largest absolute Gasteiger partial charge is 0.393 e. The Bertz CT molecular complexity index is 928. The molecule has 2 aromatic rings. The van der Waals surface area contributed by atoms with Crippen molar-refractivity contribution in [1.82, 2.24) is 10.6 Å². The van der Waals surface area contributed by atoms with Gasteiger partial charge in [0.2, 0.25) is 0 Å². The smallest absolute Gasteiger partial charge is 0.315 e. The average molecular weight is 509 g/mol. The summed E-state index contributed by atoms with van der Waals surface area (Å²) in [4.78, 5) is 35.6. The standard InChI is InChI=1S/C31H44N2O4/c1-3-4-5-6-7-8-9-10-11-15-22-32-31(36)28-20-18-26(19-21-28)24-33-29(23-30(35)37-25(2)34)27-16-13-12-14-17-27/h12-14,16-21,29,33H,3-11,15,22-24H2,1-2H3,(H,32,36). The Balaban J connectivity index is 1.70. The summed E-state index contributed by atoms with van der Waals surface area (Å²) in [5, 5.41) is 6.39. The number of nitrogens with one attached hydrogen (secondary N) is 2. The number of hydrogen-bond acceptors (Lipinski definition) is 5. The number of unbranched alkanes of at least 4 members (excludes halogenated alkanes) is 9. The molecule has 0 spiro atoms. The van der Waals surface area contributed by atoms with Gasteiger partial charge in [-0.05, 0) is 29.7 Å². The van der Waals surface area contributed by atoms with Crippen LogP contribution in [0.3, 0.4) is 0 Å². The van der Waals surface area contributed by atoms with Gasteiger partial charge in [-0.3, -0.25) is 14.4 Å². The summed E-state index contributed by atoms with van der Waals surface area (Å²) in [5.74, 6) is -1.23. The molecule has 1 atom stereocenters. The normalized spacial score (nSPS) is 11.6. The molecule has 6 nitrogen and oxygen atoms in total. The number of ether oxygens (including phenoxy) is 1. The Morgan fingerprint density at radius 2 is 1.38 bits per heavy atom. The van der Waals surface area contributed by atoms with E-state index in [1.165, 1.54) is 58.3 Å².